The molecule has 3 aromatic heterocycles. The average Bonchev–Trinajstić information content (AvgIpc) is 3.29. The molecule has 3 heterocycles. The van der Waals surface area contributed by atoms with Gasteiger partial charge in [-0.3, -0.25) is 9.59 Å². The maximum absolute atomic E-state index is 12.8. The molecule has 0 aliphatic heterocycles. The van der Waals surface area contributed by atoms with Crippen molar-refractivity contribution < 1.29 is 9.21 Å². The topological polar surface area (TPSA) is 90.0 Å². The van der Waals surface area contributed by atoms with E-state index in [1.165, 1.54) is 11.3 Å². The van der Waals surface area contributed by atoms with Crippen molar-refractivity contribution in [2.24, 2.45) is 0 Å². The number of nitrogens with zero attached hydrogens (tertiary/aromatic N) is 3. The second-order valence-corrected chi connectivity index (χ2v) is 7.77. The lowest BCUT2D eigenvalue weighted by atomic mass is 10.1. The Morgan fingerprint density at radius 3 is 2.79 bits per heavy atom. The number of benzene rings is 1. The number of rotatable bonds is 4. The summed E-state index contributed by atoms with van der Waals surface area (Å²) < 4.78 is 7.25. The smallest absolute Gasteiger partial charge is 0.294 e. The predicted molar refractivity (Wildman–Crippen MR) is 109 cm³/mol. The van der Waals surface area contributed by atoms with Crippen LogP contribution < -0.4 is 10.9 Å². The molecule has 0 aliphatic carbocycles. The van der Waals surface area contributed by atoms with E-state index in [1.807, 2.05) is 39.0 Å². The first kappa shape index (κ1) is 18.1. The summed E-state index contributed by atoms with van der Waals surface area (Å²) >= 11 is 1.38. The number of fused-ring (bicyclic) bond motifs is 1. The molecule has 0 saturated carbocycles. The highest BCUT2D eigenvalue weighted by atomic mass is 32.1. The van der Waals surface area contributed by atoms with E-state index in [0.717, 1.165) is 20.8 Å². The Bertz CT molecular complexity index is 1240. The van der Waals surface area contributed by atoms with Crippen LogP contribution in [0, 0.1) is 20.8 Å². The molecule has 1 amide bonds. The van der Waals surface area contributed by atoms with Gasteiger partial charge in [-0.15, -0.1) is 11.3 Å². The van der Waals surface area contributed by atoms with Crippen molar-refractivity contribution in [1.82, 2.24) is 14.8 Å². The molecule has 4 aromatic rings. The minimum atomic E-state index is -0.398. The SMILES string of the molecule is Cc1ccc(NC(=O)Cn2nc(-c3ccco3)c3sc(C)nc3c2=O)c(C)c1. The molecule has 142 valence electrons. The van der Waals surface area contributed by atoms with Crippen LogP contribution in [0.15, 0.2) is 45.8 Å². The Morgan fingerprint density at radius 1 is 1.25 bits per heavy atom. The molecule has 0 radical (unpaired) electrons. The van der Waals surface area contributed by atoms with Gasteiger partial charge in [0.25, 0.3) is 5.56 Å². The second-order valence-electron chi connectivity index (χ2n) is 6.57. The lowest BCUT2D eigenvalue weighted by molar-refractivity contribution is -0.117. The number of hydrogen-bond donors (Lipinski definition) is 1. The summed E-state index contributed by atoms with van der Waals surface area (Å²) in [5, 5.41) is 7.98. The normalized spacial score (nSPS) is 11.1. The summed E-state index contributed by atoms with van der Waals surface area (Å²) in [6, 6.07) is 9.27. The van der Waals surface area contributed by atoms with Crippen molar-refractivity contribution in [2.75, 3.05) is 5.32 Å². The van der Waals surface area contributed by atoms with Crippen molar-refractivity contribution in [2.45, 2.75) is 27.3 Å². The van der Waals surface area contributed by atoms with E-state index >= 15 is 0 Å². The van der Waals surface area contributed by atoms with Crippen LogP contribution in [0.2, 0.25) is 0 Å². The molecule has 1 aromatic carbocycles. The second kappa shape index (κ2) is 7.05. The molecule has 0 aliphatic rings. The Morgan fingerprint density at radius 2 is 2.07 bits per heavy atom. The number of hydrogen-bond acceptors (Lipinski definition) is 6. The number of carbonyl (C=O) groups excluding carboxylic acids is 1. The van der Waals surface area contributed by atoms with Crippen LogP contribution in [0.3, 0.4) is 0 Å². The van der Waals surface area contributed by atoms with E-state index in [9.17, 15) is 9.59 Å². The van der Waals surface area contributed by atoms with Crippen molar-refractivity contribution in [3.8, 4) is 11.5 Å². The molecular weight excluding hydrogens is 376 g/mol. The van der Waals surface area contributed by atoms with Crippen LogP contribution in [0.4, 0.5) is 5.69 Å². The van der Waals surface area contributed by atoms with Gasteiger partial charge in [0.1, 0.15) is 12.2 Å². The summed E-state index contributed by atoms with van der Waals surface area (Å²) in [6.45, 7) is 5.52. The van der Waals surface area contributed by atoms with Gasteiger partial charge >= 0.3 is 0 Å². The van der Waals surface area contributed by atoms with E-state index in [4.69, 9.17) is 4.42 Å². The third kappa shape index (κ3) is 3.34. The summed E-state index contributed by atoms with van der Waals surface area (Å²) in [5.74, 6) is 0.190. The van der Waals surface area contributed by atoms with Gasteiger partial charge in [-0.1, -0.05) is 17.7 Å². The Kier molecular flexibility index (Phi) is 4.56. The number of aryl methyl sites for hydroxylation is 3. The van der Waals surface area contributed by atoms with E-state index in [1.54, 1.807) is 18.4 Å². The molecule has 4 rings (SSSR count). The Labute approximate surface area is 164 Å². The molecular formula is C20H18N4O3S. The van der Waals surface area contributed by atoms with Crippen LogP contribution in [-0.4, -0.2) is 20.7 Å². The quantitative estimate of drug-likeness (QED) is 0.570. The number of nitrogens with one attached hydrogen (secondary N) is 1. The number of furan rings is 1. The monoisotopic (exact) mass is 394 g/mol. The van der Waals surface area contributed by atoms with Gasteiger partial charge in [0.2, 0.25) is 5.91 Å². The lowest BCUT2D eigenvalue weighted by Crippen LogP contribution is -2.30. The van der Waals surface area contributed by atoms with Gasteiger partial charge in [0, 0.05) is 5.69 Å². The molecule has 1 N–H and O–H groups in total. The maximum atomic E-state index is 12.8. The van der Waals surface area contributed by atoms with E-state index in [2.05, 4.69) is 15.4 Å². The van der Waals surface area contributed by atoms with E-state index in [0.29, 0.717) is 27.4 Å². The number of thiazole rings is 1. The van der Waals surface area contributed by atoms with Crippen LogP contribution in [0.5, 0.6) is 0 Å². The molecule has 0 fully saturated rings. The highest BCUT2D eigenvalue weighted by Gasteiger charge is 2.19. The van der Waals surface area contributed by atoms with Gasteiger partial charge in [-0.05, 0) is 44.5 Å². The molecule has 28 heavy (non-hydrogen) atoms. The number of carbonyl (C=O) groups is 1. The van der Waals surface area contributed by atoms with Crippen LogP contribution in [0.1, 0.15) is 16.1 Å². The number of aromatic nitrogens is 3. The standard InChI is InChI=1S/C20H18N4O3S/c1-11-6-7-14(12(2)9-11)22-16(25)10-24-20(26)18-19(28-13(3)21-18)17(23-24)15-5-4-8-27-15/h4-9H,10H2,1-3H3,(H,22,25). The lowest BCUT2D eigenvalue weighted by Gasteiger charge is -2.10. The third-order valence-corrected chi connectivity index (χ3v) is 5.29. The largest absolute Gasteiger partial charge is 0.463 e. The maximum Gasteiger partial charge on any atom is 0.294 e. The van der Waals surface area contributed by atoms with Gasteiger partial charge in [0.15, 0.2) is 11.3 Å². The summed E-state index contributed by atoms with van der Waals surface area (Å²) in [5.41, 5.74) is 3.18. The first-order chi connectivity index (χ1) is 13.4. The Balaban J connectivity index is 1.71. The highest BCUT2D eigenvalue weighted by molar-refractivity contribution is 7.19. The summed E-state index contributed by atoms with van der Waals surface area (Å²) in [4.78, 5) is 29.7. The summed E-state index contributed by atoms with van der Waals surface area (Å²) in [7, 11) is 0. The van der Waals surface area contributed by atoms with Crippen LogP contribution >= 0.6 is 11.3 Å². The third-order valence-electron chi connectivity index (χ3n) is 4.31. The van der Waals surface area contributed by atoms with Gasteiger partial charge in [-0.2, -0.15) is 5.10 Å². The van der Waals surface area contributed by atoms with E-state index in [-0.39, 0.29) is 12.5 Å². The van der Waals surface area contributed by atoms with Crippen molar-refractivity contribution in [3.63, 3.8) is 0 Å². The minimum absolute atomic E-state index is 0.216. The molecule has 0 unspecified atom stereocenters. The molecule has 7 nitrogen and oxygen atoms in total. The first-order valence-corrected chi connectivity index (χ1v) is 9.53. The van der Waals surface area contributed by atoms with Crippen molar-refractivity contribution in [3.05, 3.63) is 63.1 Å². The molecule has 0 atom stereocenters. The molecule has 0 saturated heterocycles. The van der Waals surface area contributed by atoms with Crippen LogP contribution in [-0.2, 0) is 11.3 Å². The fourth-order valence-electron chi connectivity index (χ4n) is 3.03. The van der Waals surface area contributed by atoms with Crippen LogP contribution in [0.25, 0.3) is 21.7 Å². The van der Waals surface area contributed by atoms with Crippen molar-refractivity contribution >= 4 is 33.1 Å². The summed E-state index contributed by atoms with van der Waals surface area (Å²) in [6.07, 6.45) is 1.54. The zero-order valence-corrected chi connectivity index (χ0v) is 16.5. The predicted octanol–water partition coefficient (Wildman–Crippen LogP) is 3.68. The minimum Gasteiger partial charge on any atom is -0.463 e. The zero-order chi connectivity index (χ0) is 19.8. The van der Waals surface area contributed by atoms with Crippen molar-refractivity contribution in [1.29, 1.82) is 0 Å². The van der Waals surface area contributed by atoms with Gasteiger partial charge in [0.05, 0.1) is 16.0 Å². The molecule has 8 heteroatoms. The average molecular weight is 394 g/mol. The fraction of sp³-hybridized carbons (Fsp3) is 0.200. The fourth-order valence-corrected chi connectivity index (χ4v) is 3.93. The highest BCUT2D eigenvalue weighted by Crippen LogP contribution is 2.29. The zero-order valence-electron chi connectivity index (χ0n) is 15.6. The van der Waals surface area contributed by atoms with E-state index < -0.39 is 5.56 Å². The molecule has 0 spiro atoms. The number of amides is 1. The Hall–Kier alpha value is -3.26. The first-order valence-electron chi connectivity index (χ1n) is 8.71. The van der Waals surface area contributed by atoms with Gasteiger partial charge < -0.3 is 9.73 Å². The number of anilines is 1. The van der Waals surface area contributed by atoms with Gasteiger partial charge in [-0.25, -0.2) is 9.67 Å². The molecule has 0 bridgehead atoms.